The zero-order valence-corrected chi connectivity index (χ0v) is 10.9. The summed E-state index contributed by atoms with van der Waals surface area (Å²) < 4.78 is 1.82. The van der Waals surface area contributed by atoms with Crippen LogP contribution in [0.15, 0.2) is 67.0 Å². The highest BCUT2D eigenvalue weighted by atomic mass is 35.5. The highest BCUT2D eigenvalue weighted by molar-refractivity contribution is 6.30. The molecule has 0 unspecified atom stereocenters. The van der Waals surface area contributed by atoms with Crippen LogP contribution in [-0.4, -0.2) is 9.78 Å². The summed E-state index contributed by atoms with van der Waals surface area (Å²) in [6, 6.07) is 17.6. The fourth-order valence-corrected chi connectivity index (χ4v) is 2.07. The predicted molar refractivity (Wildman–Crippen MR) is 78.3 cm³/mol. The molecule has 3 aromatic rings. The first-order valence-corrected chi connectivity index (χ1v) is 6.32. The van der Waals surface area contributed by atoms with Gasteiger partial charge < -0.3 is 5.32 Å². The van der Waals surface area contributed by atoms with Crippen molar-refractivity contribution in [1.29, 1.82) is 0 Å². The third kappa shape index (κ3) is 2.77. The van der Waals surface area contributed by atoms with Crippen molar-refractivity contribution in [3.8, 4) is 5.69 Å². The Balaban J connectivity index is 1.88. The van der Waals surface area contributed by atoms with E-state index in [0.29, 0.717) is 5.02 Å². The Hall–Kier alpha value is -2.26. The molecule has 1 N–H and O–H groups in total. The maximum Gasteiger partial charge on any atom is 0.0666 e. The van der Waals surface area contributed by atoms with Gasteiger partial charge in [-0.25, -0.2) is 4.68 Å². The average molecular weight is 270 g/mol. The van der Waals surface area contributed by atoms with Crippen LogP contribution in [-0.2, 0) is 0 Å². The number of anilines is 2. The van der Waals surface area contributed by atoms with Gasteiger partial charge in [-0.05, 0) is 42.5 Å². The Labute approximate surface area is 116 Å². The Kier molecular flexibility index (Phi) is 3.21. The molecule has 19 heavy (non-hydrogen) atoms. The molecule has 1 heterocycles. The minimum Gasteiger partial charge on any atom is -0.355 e. The lowest BCUT2D eigenvalue weighted by Crippen LogP contribution is -1.96. The van der Waals surface area contributed by atoms with Crippen LogP contribution >= 0.6 is 11.6 Å². The smallest absolute Gasteiger partial charge is 0.0666 e. The van der Waals surface area contributed by atoms with E-state index in [1.807, 2.05) is 65.5 Å². The summed E-state index contributed by atoms with van der Waals surface area (Å²) in [6.07, 6.45) is 3.68. The molecule has 2 aromatic carbocycles. The van der Waals surface area contributed by atoms with Gasteiger partial charge in [0.2, 0.25) is 0 Å². The minimum absolute atomic E-state index is 0.716. The first kappa shape index (κ1) is 11.8. The summed E-state index contributed by atoms with van der Waals surface area (Å²) >= 11 is 5.97. The molecular weight excluding hydrogens is 258 g/mol. The van der Waals surface area contributed by atoms with Crippen LogP contribution in [0.25, 0.3) is 5.69 Å². The van der Waals surface area contributed by atoms with Crippen LogP contribution in [0.5, 0.6) is 0 Å². The fourth-order valence-electron chi connectivity index (χ4n) is 1.88. The highest BCUT2D eigenvalue weighted by Gasteiger charge is 1.99. The van der Waals surface area contributed by atoms with Crippen molar-refractivity contribution in [1.82, 2.24) is 9.78 Å². The number of nitrogens with one attached hydrogen (secondary N) is 1. The third-order valence-corrected chi connectivity index (χ3v) is 2.96. The van der Waals surface area contributed by atoms with Gasteiger partial charge in [0.05, 0.1) is 5.69 Å². The monoisotopic (exact) mass is 269 g/mol. The molecular formula is C15H12ClN3. The number of nitrogens with zero attached hydrogens (tertiary/aromatic N) is 2. The summed E-state index contributed by atoms with van der Waals surface area (Å²) in [6.45, 7) is 0. The molecule has 3 rings (SSSR count). The normalized spacial score (nSPS) is 10.4. The van der Waals surface area contributed by atoms with Gasteiger partial charge in [0.15, 0.2) is 0 Å². The second-order valence-electron chi connectivity index (χ2n) is 4.14. The largest absolute Gasteiger partial charge is 0.355 e. The van der Waals surface area contributed by atoms with Crippen molar-refractivity contribution in [2.45, 2.75) is 0 Å². The van der Waals surface area contributed by atoms with Gasteiger partial charge in [-0.2, -0.15) is 5.10 Å². The van der Waals surface area contributed by atoms with E-state index in [9.17, 15) is 0 Å². The first-order valence-electron chi connectivity index (χ1n) is 5.94. The lowest BCUT2D eigenvalue weighted by atomic mass is 10.2. The zero-order valence-electron chi connectivity index (χ0n) is 10.1. The molecule has 0 aliphatic carbocycles. The highest BCUT2D eigenvalue weighted by Crippen LogP contribution is 2.21. The van der Waals surface area contributed by atoms with Gasteiger partial charge in [-0.3, -0.25) is 0 Å². The lowest BCUT2D eigenvalue weighted by Gasteiger charge is -2.08. The molecule has 0 aliphatic rings. The van der Waals surface area contributed by atoms with E-state index in [-0.39, 0.29) is 0 Å². The van der Waals surface area contributed by atoms with Crippen LogP contribution in [0.4, 0.5) is 11.4 Å². The second kappa shape index (κ2) is 5.16. The van der Waals surface area contributed by atoms with E-state index >= 15 is 0 Å². The van der Waals surface area contributed by atoms with Crippen molar-refractivity contribution in [2.75, 3.05) is 5.32 Å². The number of hydrogen-bond acceptors (Lipinski definition) is 2. The van der Waals surface area contributed by atoms with E-state index < -0.39 is 0 Å². The molecule has 0 saturated heterocycles. The quantitative estimate of drug-likeness (QED) is 0.769. The Morgan fingerprint density at radius 3 is 2.47 bits per heavy atom. The standard InChI is InChI=1S/C15H12ClN3/c16-12-4-1-5-13(10-12)18-14-6-2-7-15(11-14)19-9-3-8-17-19/h1-11,18H. The molecule has 1 aromatic heterocycles. The molecule has 94 valence electrons. The van der Waals surface area contributed by atoms with Crippen LogP contribution < -0.4 is 5.32 Å². The van der Waals surface area contributed by atoms with Gasteiger partial charge in [0.25, 0.3) is 0 Å². The number of rotatable bonds is 3. The van der Waals surface area contributed by atoms with Crippen LogP contribution in [0.1, 0.15) is 0 Å². The molecule has 0 radical (unpaired) electrons. The maximum absolute atomic E-state index is 5.97. The van der Waals surface area contributed by atoms with Gasteiger partial charge >= 0.3 is 0 Å². The number of benzene rings is 2. The summed E-state index contributed by atoms with van der Waals surface area (Å²) in [5.74, 6) is 0. The minimum atomic E-state index is 0.716. The second-order valence-corrected chi connectivity index (χ2v) is 4.57. The topological polar surface area (TPSA) is 29.9 Å². The molecule has 0 spiro atoms. The van der Waals surface area contributed by atoms with Crippen molar-refractivity contribution >= 4 is 23.0 Å². The SMILES string of the molecule is Clc1cccc(Nc2cccc(-n3cccn3)c2)c1. The molecule has 0 fully saturated rings. The zero-order chi connectivity index (χ0) is 13.1. The Bertz CT molecular complexity index is 677. The summed E-state index contributed by atoms with van der Waals surface area (Å²) in [4.78, 5) is 0. The van der Waals surface area contributed by atoms with Crippen LogP contribution in [0.2, 0.25) is 5.02 Å². The predicted octanol–water partition coefficient (Wildman–Crippen LogP) is 4.27. The molecule has 0 aliphatic heterocycles. The van der Waals surface area contributed by atoms with Crippen molar-refractivity contribution in [3.63, 3.8) is 0 Å². The van der Waals surface area contributed by atoms with Gasteiger partial charge in [0.1, 0.15) is 0 Å². The van der Waals surface area contributed by atoms with Gasteiger partial charge in [0, 0.05) is 28.8 Å². The third-order valence-electron chi connectivity index (χ3n) is 2.73. The van der Waals surface area contributed by atoms with E-state index in [0.717, 1.165) is 17.1 Å². The summed E-state index contributed by atoms with van der Waals surface area (Å²) in [7, 11) is 0. The van der Waals surface area contributed by atoms with E-state index in [4.69, 9.17) is 11.6 Å². The average Bonchev–Trinajstić information content (AvgIpc) is 2.93. The van der Waals surface area contributed by atoms with Crippen LogP contribution in [0.3, 0.4) is 0 Å². The molecule has 0 saturated carbocycles. The summed E-state index contributed by atoms with van der Waals surface area (Å²) in [5.41, 5.74) is 2.97. The van der Waals surface area contributed by atoms with Crippen molar-refractivity contribution in [2.24, 2.45) is 0 Å². The number of aromatic nitrogens is 2. The Morgan fingerprint density at radius 1 is 0.947 bits per heavy atom. The molecule has 3 nitrogen and oxygen atoms in total. The van der Waals surface area contributed by atoms with Crippen molar-refractivity contribution < 1.29 is 0 Å². The van der Waals surface area contributed by atoms with Crippen LogP contribution in [0, 0.1) is 0 Å². The van der Waals surface area contributed by atoms with Gasteiger partial charge in [-0.15, -0.1) is 0 Å². The molecule has 0 atom stereocenters. The maximum atomic E-state index is 5.97. The van der Waals surface area contributed by atoms with E-state index in [2.05, 4.69) is 10.4 Å². The molecule has 4 heteroatoms. The van der Waals surface area contributed by atoms with E-state index in [1.54, 1.807) is 6.20 Å². The van der Waals surface area contributed by atoms with E-state index in [1.165, 1.54) is 0 Å². The lowest BCUT2D eigenvalue weighted by molar-refractivity contribution is 0.881. The van der Waals surface area contributed by atoms with Gasteiger partial charge in [-0.1, -0.05) is 23.7 Å². The molecule has 0 amide bonds. The first-order chi connectivity index (χ1) is 9.31. The Morgan fingerprint density at radius 2 is 1.74 bits per heavy atom. The number of hydrogen-bond donors (Lipinski definition) is 1. The number of halogens is 1. The summed E-state index contributed by atoms with van der Waals surface area (Å²) in [5, 5.41) is 8.25. The fraction of sp³-hybridized carbons (Fsp3) is 0. The van der Waals surface area contributed by atoms with Crippen molar-refractivity contribution in [3.05, 3.63) is 72.0 Å². The molecule has 0 bridgehead atoms.